The van der Waals surface area contributed by atoms with Crippen LogP contribution in [0, 0.1) is 0 Å². The molecule has 0 spiro atoms. The SMILES string of the molecule is CCC1(CC)C2=CCC(=N2)C(CC)(CC)c2ccc([n-]2)C(CC)(CC)C2=CCC(=N2)C(CC)(CC)c2ccc1[n-]2.[Ni+2]. The Balaban J connectivity index is 0.00000387. The maximum Gasteiger partial charge on any atom is 2.00 e. The molecular formula is C36H50N4Ni. The van der Waals surface area contributed by atoms with Crippen molar-refractivity contribution in [3.05, 3.63) is 70.6 Å². The molecule has 0 saturated carbocycles. The van der Waals surface area contributed by atoms with E-state index in [0.29, 0.717) is 0 Å². The van der Waals surface area contributed by atoms with Crippen molar-refractivity contribution in [1.82, 2.24) is 9.97 Å². The average molecular weight is 598 g/mol. The summed E-state index contributed by atoms with van der Waals surface area (Å²) in [7, 11) is 0. The van der Waals surface area contributed by atoms with E-state index in [1.165, 1.54) is 45.6 Å². The second-order valence-corrected chi connectivity index (χ2v) is 12.3. The molecule has 0 fully saturated rings. The summed E-state index contributed by atoms with van der Waals surface area (Å²) in [6, 6.07) is 9.22. The Kier molecular flexibility index (Phi) is 9.20. The molecule has 3 aliphatic heterocycles. The van der Waals surface area contributed by atoms with Gasteiger partial charge in [-0.2, -0.15) is 0 Å². The first-order valence-electron chi connectivity index (χ1n) is 16.2. The van der Waals surface area contributed by atoms with Crippen LogP contribution < -0.4 is 9.97 Å². The van der Waals surface area contributed by atoms with Gasteiger partial charge in [0.15, 0.2) is 0 Å². The molecule has 0 saturated heterocycles. The van der Waals surface area contributed by atoms with Crippen molar-refractivity contribution in [1.29, 1.82) is 0 Å². The van der Waals surface area contributed by atoms with E-state index in [9.17, 15) is 0 Å². The zero-order valence-corrected chi connectivity index (χ0v) is 27.6. The third-order valence-corrected chi connectivity index (χ3v) is 11.6. The number of aliphatic imine (C=N–C) groups is 2. The number of nitrogens with zero attached hydrogens (tertiary/aromatic N) is 4. The van der Waals surface area contributed by atoms with E-state index in [1.54, 1.807) is 0 Å². The van der Waals surface area contributed by atoms with Crippen molar-refractivity contribution in [2.45, 2.75) is 141 Å². The molecule has 0 amide bonds. The molecule has 0 atom stereocenters. The summed E-state index contributed by atoms with van der Waals surface area (Å²) >= 11 is 0. The van der Waals surface area contributed by atoms with Crippen LogP contribution in [0.1, 0.15) is 142 Å². The van der Waals surface area contributed by atoms with Crippen LogP contribution >= 0.6 is 0 Å². The largest absolute Gasteiger partial charge is 2.00 e. The molecule has 0 aliphatic carbocycles. The molecule has 0 N–H and O–H groups in total. The summed E-state index contributed by atoms with van der Waals surface area (Å²) < 4.78 is 0. The van der Waals surface area contributed by atoms with Gasteiger partial charge in [0, 0.05) is 57.3 Å². The molecular weight excluding hydrogens is 547 g/mol. The summed E-state index contributed by atoms with van der Waals surface area (Å²) in [4.78, 5) is 22.1. The molecule has 224 valence electrons. The van der Waals surface area contributed by atoms with E-state index >= 15 is 0 Å². The first-order chi connectivity index (χ1) is 19.3. The van der Waals surface area contributed by atoms with Crippen molar-refractivity contribution in [2.24, 2.45) is 9.98 Å². The molecule has 4 nitrogen and oxygen atoms in total. The predicted molar refractivity (Wildman–Crippen MR) is 169 cm³/mol. The van der Waals surface area contributed by atoms with Crippen molar-refractivity contribution in [2.75, 3.05) is 0 Å². The minimum atomic E-state index is -0.178. The van der Waals surface area contributed by atoms with Gasteiger partial charge in [-0.05, 0) is 51.4 Å². The Morgan fingerprint density at radius 2 is 0.756 bits per heavy atom. The smallest absolute Gasteiger partial charge is 0.663 e. The van der Waals surface area contributed by atoms with Gasteiger partial charge in [-0.3, -0.25) is 9.98 Å². The zero-order valence-electron chi connectivity index (χ0n) is 26.6. The van der Waals surface area contributed by atoms with Crippen molar-refractivity contribution in [3.63, 3.8) is 0 Å². The molecule has 0 aromatic carbocycles. The van der Waals surface area contributed by atoms with E-state index in [2.05, 4.69) is 91.8 Å². The number of rotatable bonds is 8. The molecule has 5 heteroatoms. The van der Waals surface area contributed by atoms with Crippen LogP contribution in [0.2, 0.25) is 0 Å². The minimum Gasteiger partial charge on any atom is -0.663 e. The molecule has 2 aromatic rings. The van der Waals surface area contributed by atoms with Gasteiger partial charge in [-0.15, -0.1) is 22.8 Å². The minimum absolute atomic E-state index is 0. The van der Waals surface area contributed by atoms with E-state index in [4.69, 9.17) is 20.0 Å². The first kappa shape index (κ1) is 31.8. The van der Waals surface area contributed by atoms with Crippen LogP contribution in [0.15, 0.2) is 57.8 Å². The summed E-state index contributed by atoms with van der Waals surface area (Å²) in [5.41, 5.74) is 9.03. The van der Waals surface area contributed by atoms with Crippen molar-refractivity contribution >= 4 is 11.4 Å². The van der Waals surface area contributed by atoms with Gasteiger partial charge in [-0.25, -0.2) is 0 Å². The van der Waals surface area contributed by atoms with Crippen LogP contribution in [-0.2, 0) is 38.2 Å². The maximum atomic E-state index is 5.53. The fraction of sp³-hybridized carbons (Fsp3) is 0.611. The summed E-state index contributed by atoms with van der Waals surface area (Å²) in [6.07, 6.45) is 14.5. The molecule has 2 aromatic heterocycles. The fourth-order valence-corrected chi connectivity index (χ4v) is 8.41. The standard InChI is InChI=1S/C36H50N4.Ni/c1-9-33(10-2)25-17-19-27(37-25)34(11-3,12-4)29-21-23-31(39-29)36(15-7,16-8)32-24-22-30(40-32)35(13-5,14-6)28-20-18-26(33)38-28;/h17-19,22-24H,9-16,20-21H2,1-8H3;/q-2;+2. The number of aromatic nitrogens is 2. The van der Waals surface area contributed by atoms with Gasteiger partial charge < -0.3 is 9.97 Å². The van der Waals surface area contributed by atoms with Crippen LogP contribution in [-0.4, -0.2) is 11.4 Å². The van der Waals surface area contributed by atoms with Gasteiger partial charge >= 0.3 is 16.5 Å². The first-order valence-corrected chi connectivity index (χ1v) is 16.2. The number of allylic oxidation sites excluding steroid dienone is 4. The summed E-state index contributed by atoms with van der Waals surface area (Å²) in [5.74, 6) is 0. The fourth-order valence-electron chi connectivity index (χ4n) is 8.41. The summed E-state index contributed by atoms with van der Waals surface area (Å²) in [5, 5.41) is 0. The number of hydrogen-bond acceptors (Lipinski definition) is 2. The topological polar surface area (TPSA) is 52.9 Å². The van der Waals surface area contributed by atoms with Gasteiger partial charge in [0.05, 0.1) is 0 Å². The van der Waals surface area contributed by atoms with E-state index in [0.717, 1.165) is 64.2 Å². The summed E-state index contributed by atoms with van der Waals surface area (Å²) in [6.45, 7) is 18.5. The van der Waals surface area contributed by atoms with Crippen molar-refractivity contribution in [3.8, 4) is 0 Å². The predicted octanol–water partition coefficient (Wildman–Crippen LogP) is 9.00. The Labute approximate surface area is 259 Å². The monoisotopic (exact) mass is 596 g/mol. The molecule has 5 rings (SSSR count). The quantitative estimate of drug-likeness (QED) is 0.285. The Morgan fingerprint density at radius 1 is 0.488 bits per heavy atom. The van der Waals surface area contributed by atoms with Crippen LogP contribution in [0.4, 0.5) is 0 Å². The van der Waals surface area contributed by atoms with Crippen LogP contribution in [0.3, 0.4) is 0 Å². The maximum absolute atomic E-state index is 5.53. The molecule has 8 bridgehead atoms. The second kappa shape index (κ2) is 11.9. The molecule has 0 radical (unpaired) electrons. The zero-order chi connectivity index (χ0) is 28.8. The third-order valence-electron chi connectivity index (χ3n) is 11.6. The Morgan fingerprint density at radius 3 is 1.02 bits per heavy atom. The number of hydrogen-bond donors (Lipinski definition) is 0. The Hall–Kier alpha value is -2.13. The average Bonchev–Trinajstić information content (AvgIpc) is 3.81. The van der Waals surface area contributed by atoms with E-state index in [-0.39, 0.29) is 38.2 Å². The number of fused-ring (bicyclic) bond motifs is 6. The Bertz CT molecular complexity index is 1240. The van der Waals surface area contributed by atoms with Crippen LogP contribution in [0.25, 0.3) is 0 Å². The second-order valence-electron chi connectivity index (χ2n) is 12.3. The van der Waals surface area contributed by atoms with E-state index < -0.39 is 0 Å². The van der Waals surface area contributed by atoms with Gasteiger partial charge in [-0.1, -0.05) is 91.8 Å². The van der Waals surface area contributed by atoms with E-state index in [1.807, 2.05) is 0 Å². The molecule has 5 heterocycles. The van der Waals surface area contributed by atoms with Gasteiger partial charge in [0.1, 0.15) is 0 Å². The molecule has 41 heavy (non-hydrogen) atoms. The molecule has 0 unspecified atom stereocenters. The van der Waals surface area contributed by atoms with Gasteiger partial charge in [0.25, 0.3) is 0 Å². The van der Waals surface area contributed by atoms with Gasteiger partial charge in [0.2, 0.25) is 0 Å². The normalized spacial score (nSPS) is 21.5. The molecule has 3 aliphatic rings. The van der Waals surface area contributed by atoms with Crippen LogP contribution in [0.5, 0.6) is 0 Å². The third kappa shape index (κ3) is 4.35. The van der Waals surface area contributed by atoms with Crippen molar-refractivity contribution < 1.29 is 16.5 Å².